The summed E-state index contributed by atoms with van der Waals surface area (Å²) in [6, 6.07) is 10.5. The largest absolute Gasteiger partial charge is 0.250 e. The number of alkyl halides is 1. The van der Waals surface area contributed by atoms with Crippen LogP contribution in [0.1, 0.15) is 11.6 Å². The lowest BCUT2D eigenvalue weighted by molar-refractivity contribution is 0.571. The maximum atomic E-state index is 12.3. The average Bonchev–Trinajstić information content (AvgIpc) is 2.78. The monoisotopic (exact) mass is 457 g/mol. The molecule has 0 spiro atoms. The highest BCUT2D eigenvalue weighted by atomic mass is 79.9. The Morgan fingerprint density at radius 3 is 2.45 bits per heavy atom. The van der Waals surface area contributed by atoms with E-state index < -0.39 is 10.0 Å². The second-order valence-electron chi connectivity index (χ2n) is 3.93. The van der Waals surface area contributed by atoms with Gasteiger partial charge in [0, 0.05) is 5.33 Å². The summed E-state index contributed by atoms with van der Waals surface area (Å²) in [4.78, 5) is 0. The third kappa shape index (κ3) is 3.84. The number of benzene rings is 1. The summed E-state index contributed by atoms with van der Waals surface area (Å²) < 4.78 is 28.1. The van der Waals surface area contributed by atoms with Gasteiger partial charge in [0.2, 0.25) is 0 Å². The van der Waals surface area contributed by atoms with Gasteiger partial charge in [0.15, 0.2) is 0 Å². The minimum Gasteiger partial charge on any atom is -0.206 e. The summed E-state index contributed by atoms with van der Waals surface area (Å²) in [6.07, 6.45) is 0. The molecule has 3 nitrogen and oxygen atoms in total. The smallest absolute Gasteiger partial charge is 0.206 e. The molecule has 1 heterocycles. The fourth-order valence-corrected chi connectivity index (χ4v) is 5.97. The quantitative estimate of drug-likeness (QED) is 0.666. The van der Waals surface area contributed by atoms with E-state index in [2.05, 4.69) is 36.6 Å². The fourth-order valence-electron chi connectivity index (χ4n) is 1.58. The van der Waals surface area contributed by atoms with Gasteiger partial charge in [-0.15, -0.1) is 11.3 Å². The van der Waals surface area contributed by atoms with Gasteiger partial charge >= 0.3 is 0 Å². The Morgan fingerprint density at radius 1 is 1.30 bits per heavy atom. The predicted molar refractivity (Wildman–Crippen MR) is 90.3 cm³/mol. The molecule has 20 heavy (non-hydrogen) atoms. The highest BCUT2D eigenvalue weighted by molar-refractivity contribution is 9.11. The van der Waals surface area contributed by atoms with Gasteiger partial charge in [-0.1, -0.05) is 57.9 Å². The van der Waals surface area contributed by atoms with Gasteiger partial charge in [-0.3, -0.25) is 0 Å². The van der Waals surface area contributed by atoms with E-state index >= 15 is 0 Å². The van der Waals surface area contributed by atoms with Crippen molar-refractivity contribution in [1.29, 1.82) is 0 Å². The van der Waals surface area contributed by atoms with Crippen LogP contribution in [0, 0.1) is 0 Å². The molecule has 0 bridgehead atoms. The molecule has 1 aromatic heterocycles. The molecule has 2 aromatic rings. The van der Waals surface area contributed by atoms with E-state index in [-0.39, 0.29) is 10.3 Å². The fraction of sp³-hybridized carbons (Fsp3) is 0.167. The lowest BCUT2D eigenvalue weighted by Crippen LogP contribution is -2.29. The zero-order valence-corrected chi connectivity index (χ0v) is 15.6. The SMILES string of the molecule is O=S(=O)(NC(CBr)c1ccccc1)c1cc(Cl)c(Br)s1. The van der Waals surface area contributed by atoms with Crippen molar-refractivity contribution < 1.29 is 8.42 Å². The number of hydrogen-bond acceptors (Lipinski definition) is 3. The summed E-state index contributed by atoms with van der Waals surface area (Å²) >= 11 is 13.5. The highest BCUT2D eigenvalue weighted by Gasteiger charge is 2.23. The molecule has 8 heteroatoms. The Morgan fingerprint density at radius 2 is 1.95 bits per heavy atom. The average molecular weight is 460 g/mol. The first-order valence-electron chi connectivity index (χ1n) is 5.52. The number of hydrogen-bond donors (Lipinski definition) is 1. The molecule has 0 fully saturated rings. The lowest BCUT2D eigenvalue weighted by atomic mass is 10.1. The normalized spacial score (nSPS) is 13.3. The van der Waals surface area contributed by atoms with Crippen LogP contribution in [0.3, 0.4) is 0 Å². The number of halogens is 3. The van der Waals surface area contributed by atoms with Crippen LogP contribution in [0.2, 0.25) is 5.02 Å². The molecule has 1 aromatic carbocycles. The number of sulfonamides is 1. The Labute approximate surface area is 143 Å². The van der Waals surface area contributed by atoms with Gasteiger partial charge in [-0.05, 0) is 27.6 Å². The molecule has 1 N–H and O–H groups in total. The van der Waals surface area contributed by atoms with Crippen molar-refractivity contribution in [3.05, 3.63) is 50.8 Å². The Kier molecular flexibility index (Phi) is 5.67. The molecule has 1 atom stereocenters. The maximum absolute atomic E-state index is 12.3. The molecule has 0 saturated carbocycles. The first-order chi connectivity index (χ1) is 9.44. The van der Waals surface area contributed by atoms with Gasteiger partial charge in [-0.2, -0.15) is 0 Å². The van der Waals surface area contributed by atoms with Crippen molar-refractivity contribution in [2.45, 2.75) is 10.3 Å². The van der Waals surface area contributed by atoms with Crippen LogP contribution >= 0.6 is 54.8 Å². The first-order valence-corrected chi connectivity index (χ1v) is 10.1. The van der Waals surface area contributed by atoms with E-state index in [1.807, 2.05) is 30.3 Å². The minimum atomic E-state index is -3.60. The second-order valence-corrected chi connectivity index (χ2v) is 9.29. The molecular formula is C12H10Br2ClNO2S2. The van der Waals surface area contributed by atoms with Gasteiger partial charge in [0.1, 0.15) is 4.21 Å². The van der Waals surface area contributed by atoms with E-state index in [0.29, 0.717) is 14.1 Å². The topological polar surface area (TPSA) is 46.2 Å². The molecule has 2 rings (SSSR count). The second kappa shape index (κ2) is 6.89. The van der Waals surface area contributed by atoms with Crippen molar-refractivity contribution in [2.24, 2.45) is 0 Å². The molecule has 0 aliphatic carbocycles. The number of rotatable bonds is 5. The Balaban J connectivity index is 2.27. The van der Waals surface area contributed by atoms with Crippen LogP contribution in [-0.2, 0) is 10.0 Å². The third-order valence-electron chi connectivity index (χ3n) is 2.54. The predicted octanol–water partition coefficient (Wildman–Crippen LogP) is 4.58. The summed E-state index contributed by atoms with van der Waals surface area (Å²) in [5.74, 6) is 0. The third-order valence-corrected chi connectivity index (χ3v) is 7.61. The summed E-state index contributed by atoms with van der Waals surface area (Å²) in [5, 5.41) is 0.877. The zero-order chi connectivity index (χ0) is 14.8. The van der Waals surface area contributed by atoms with Crippen molar-refractivity contribution >= 4 is 64.8 Å². The van der Waals surface area contributed by atoms with Crippen LogP contribution in [0.25, 0.3) is 0 Å². The van der Waals surface area contributed by atoms with E-state index in [0.717, 1.165) is 16.9 Å². The van der Waals surface area contributed by atoms with Crippen LogP contribution in [0.4, 0.5) is 0 Å². The number of thiophene rings is 1. The van der Waals surface area contributed by atoms with E-state index in [9.17, 15) is 8.42 Å². The first kappa shape index (κ1) is 16.5. The van der Waals surface area contributed by atoms with Gasteiger partial charge in [0.25, 0.3) is 10.0 Å². The number of nitrogens with one attached hydrogen (secondary N) is 1. The molecular weight excluding hydrogens is 450 g/mol. The molecule has 0 radical (unpaired) electrons. The van der Waals surface area contributed by atoms with Gasteiger partial charge in [0.05, 0.1) is 14.9 Å². The lowest BCUT2D eigenvalue weighted by Gasteiger charge is -2.16. The van der Waals surface area contributed by atoms with Crippen LogP contribution in [-0.4, -0.2) is 13.7 Å². The van der Waals surface area contributed by atoms with E-state index in [1.54, 1.807) is 0 Å². The Bertz CT molecular complexity index is 669. The van der Waals surface area contributed by atoms with E-state index in [4.69, 9.17) is 11.6 Å². The zero-order valence-electron chi connectivity index (χ0n) is 10.0. The van der Waals surface area contributed by atoms with Crippen molar-refractivity contribution in [3.63, 3.8) is 0 Å². The summed E-state index contributed by atoms with van der Waals surface area (Å²) in [7, 11) is -3.60. The summed E-state index contributed by atoms with van der Waals surface area (Å²) in [5.41, 5.74) is 0.898. The van der Waals surface area contributed by atoms with Crippen molar-refractivity contribution in [3.8, 4) is 0 Å². The molecule has 1 unspecified atom stereocenters. The molecule has 0 amide bonds. The van der Waals surface area contributed by atoms with Crippen molar-refractivity contribution in [1.82, 2.24) is 4.72 Å². The maximum Gasteiger partial charge on any atom is 0.250 e. The highest BCUT2D eigenvalue weighted by Crippen LogP contribution is 2.35. The van der Waals surface area contributed by atoms with Crippen LogP contribution in [0.15, 0.2) is 44.4 Å². The standard InChI is InChI=1S/C12H10Br2ClNO2S2/c13-7-10(8-4-2-1-3-5-8)16-20(17,18)11-6-9(15)12(14)19-11/h1-6,10,16H,7H2. The molecule has 0 aliphatic rings. The van der Waals surface area contributed by atoms with Crippen molar-refractivity contribution in [2.75, 3.05) is 5.33 Å². The van der Waals surface area contributed by atoms with Crippen LogP contribution in [0.5, 0.6) is 0 Å². The minimum absolute atomic E-state index is 0.191. The Hall–Kier alpha value is 0.0800. The molecule has 0 saturated heterocycles. The van der Waals surface area contributed by atoms with Gasteiger partial charge < -0.3 is 0 Å². The van der Waals surface area contributed by atoms with E-state index in [1.165, 1.54) is 6.07 Å². The molecule has 108 valence electrons. The summed E-state index contributed by atoms with van der Waals surface area (Å²) in [6.45, 7) is 0. The van der Waals surface area contributed by atoms with Gasteiger partial charge in [-0.25, -0.2) is 13.1 Å². The van der Waals surface area contributed by atoms with Crippen LogP contribution < -0.4 is 4.72 Å². The molecule has 0 aliphatic heterocycles.